The number of hydrogen-bond donors (Lipinski definition) is 1. The van der Waals surface area contributed by atoms with Crippen LogP contribution in [0.4, 0.5) is 0 Å². The average molecular weight is 1280 g/mol. The van der Waals surface area contributed by atoms with Gasteiger partial charge in [0.25, 0.3) is 0 Å². The van der Waals surface area contributed by atoms with Gasteiger partial charge in [0, 0.05) is 62.1 Å². The van der Waals surface area contributed by atoms with Crippen LogP contribution in [0.3, 0.4) is 0 Å². The fourth-order valence-electron chi connectivity index (χ4n) is 11.2. The van der Waals surface area contributed by atoms with Crippen LogP contribution in [0.1, 0.15) is 56.9 Å². The fourth-order valence-corrected chi connectivity index (χ4v) is 11.2. The van der Waals surface area contributed by atoms with Crippen molar-refractivity contribution in [2.45, 2.75) is 178 Å². The monoisotopic (exact) mass is 1280 g/mol. The summed E-state index contributed by atoms with van der Waals surface area (Å²) < 4.78 is 113. The van der Waals surface area contributed by atoms with E-state index in [2.05, 4.69) is 0 Å². The van der Waals surface area contributed by atoms with Gasteiger partial charge in [-0.05, 0) is 22.3 Å². The molecule has 26 heteroatoms. The predicted molar refractivity (Wildman–Crippen MR) is 312 cm³/mol. The van der Waals surface area contributed by atoms with Gasteiger partial charge in [0.2, 0.25) is 0 Å². The van der Waals surface area contributed by atoms with Gasteiger partial charge < -0.3 is 90.4 Å². The number of aliphatic hydroxyl groups is 1. The van der Waals surface area contributed by atoms with Crippen LogP contribution in [0, 0.1) is 5.92 Å². The minimum atomic E-state index is -1.86. The molecule has 0 bridgehead atoms. The summed E-state index contributed by atoms with van der Waals surface area (Å²) in [4.78, 5) is 78.2. The van der Waals surface area contributed by atoms with E-state index in [0.29, 0.717) is 16.7 Å². The summed E-state index contributed by atoms with van der Waals surface area (Å²) in [7, 11) is 5.56. The Morgan fingerprint density at radius 2 is 0.791 bits per heavy atom. The molecule has 91 heavy (non-hydrogen) atoms. The highest BCUT2D eigenvalue weighted by atomic mass is 17.2. The first-order chi connectivity index (χ1) is 44.0. The second-order valence-corrected chi connectivity index (χ2v) is 21.9. The Morgan fingerprint density at radius 1 is 0.385 bits per heavy atom. The summed E-state index contributed by atoms with van der Waals surface area (Å²) in [6.07, 6.45) is -27.0. The van der Waals surface area contributed by atoms with Gasteiger partial charge in [0.1, 0.15) is 94.1 Å². The smallest absolute Gasteiger partial charge is 0.338 e. The molecule has 4 fully saturated rings. The van der Waals surface area contributed by atoms with E-state index in [1.54, 1.807) is 78.9 Å². The molecule has 4 aromatic carbocycles. The number of methoxy groups -OCH3 is 4. The average Bonchev–Trinajstić information content (AvgIpc) is 0.941. The molecule has 20 atom stereocenters. The molecule has 0 radical (unpaired) electrons. The Hall–Kier alpha value is -6.41. The molecule has 4 aliphatic rings. The standard InChI is InChI=1S/C65H82O26/c1-37-46(36-82-81-33-45-28-20-13-21-29-45)86-63(58(74-8)49(37)72-6)88-51-48(35-77-39(3)67)87-65(60(54(51)84-41(5)69)79-31-43-24-16-11-17-25-43)90-55-52(73-7)59(75-9)64(91-57(55)61(70)80-32-44-26-18-12-19-27-44)89-50-47(34-76-38(2)66)85-62(71)56(53(50)83-40(4)68)78-30-42-22-14-10-15-23-42/h10-29,37,46-60,62-65,71H,30-36H2,1-9H3/t37-,46+,47?,48?,49?,50-,51-,52?,53?,54+,55-,56?,57?,58?,59+,60?,62?,63-,64-,65+/m1/s1. The van der Waals surface area contributed by atoms with Crippen molar-refractivity contribution in [2.24, 2.45) is 5.92 Å². The first-order valence-electron chi connectivity index (χ1n) is 29.8. The third-order valence-electron chi connectivity index (χ3n) is 15.6. The van der Waals surface area contributed by atoms with Gasteiger partial charge in [-0.1, -0.05) is 128 Å². The molecular weight excluding hydrogens is 1200 g/mol. The van der Waals surface area contributed by atoms with Crippen LogP contribution in [-0.4, -0.2) is 200 Å². The van der Waals surface area contributed by atoms with Crippen LogP contribution >= 0.6 is 0 Å². The van der Waals surface area contributed by atoms with Gasteiger partial charge in [0.05, 0.1) is 25.4 Å². The fraction of sp³-hybridized carbons (Fsp3) is 0.554. The molecule has 498 valence electrons. The van der Waals surface area contributed by atoms with Crippen molar-refractivity contribution >= 4 is 29.8 Å². The van der Waals surface area contributed by atoms with E-state index < -0.39 is 160 Å². The molecule has 0 aliphatic carbocycles. The topological polar surface area (TPSA) is 290 Å². The summed E-state index contributed by atoms with van der Waals surface area (Å²) in [6, 6.07) is 36.1. The minimum Gasteiger partial charge on any atom is -0.463 e. The van der Waals surface area contributed by atoms with E-state index in [-0.39, 0.29) is 39.0 Å². The summed E-state index contributed by atoms with van der Waals surface area (Å²) >= 11 is 0. The molecule has 1 N–H and O–H groups in total. The number of benzene rings is 4. The van der Waals surface area contributed by atoms with E-state index in [9.17, 15) is 24.3 Å². The summed E-state index contributed by atoms with van der Waals surface area (Å²) in [5.41, 5.74) is 2.82. The molecule has 0 aromatic heterocycles. The third-order valence-corrected chi connectivity index (χ3v) is 15.6. The summed E-state index contributed by atoms with van der Waals surface area (Å²) in [6.45, 7) is 5.01. The quantitative estimate of drug-likeness (QED) is 0.0241. The van der Waals surface area contributed by atoms with Crippen molar-refractivity contribution in [3.05, 3.63) is 144 Å². The first kappa shape index (κ1) is 70.5. The third kappa shape index (κ3) is 19.3. The molecule has 0 spiro atoms. The van der Waals surface area contributed by atoms with Gasteiger partial charge in [-0.25, -0.2) is 14.6 Å². The predicted octanol–water partition coefficient (Wildman–Crippen LogP) is 4.78. The molecule has 4 heterocycles. The highest BCUT2D eigenvalue weighted by Crippen LogP contribution is 2.40. The van der Waals surface area contributed by atoms with E-state index in [4.69, 9.17) is 95.0 Å². The maximum atomic E-state index is 15.1. The summed E-state index contributed by atoms with van der Waals surface area (Å²) in [5.74, 6) is -4.46. The maximum absolute atomic E-state index is 15.1. The summed E-state index contributed by atoms with van der Waals surface area (Å²) in [5, 5.41) is 11.5. The number of aliphatic hydroxyl groups excluding tert-OH is 1. The van der Waals surface area contributed by atoms with E-state index in [0.717, 1.165) is 19.4 Å². The van der Waals surface area contributed by atoms with Gasteiger partial charge >= 0.3 is 29.8 Å². The van der Waals surface area contributed by atoms with Crippen LogP contribution in [0.15, 0.2) is 121 Å². The molecule has 10 unspecified atom stereocenters. The SMILES string of the molecule is COC1C(OC)[C@H](C)[C@H](COOCc2ccccc2)O[C@@H]1O[C@@H]1C(COC(C)=O)O[C@@H](O[C@H]2C(C(=O)OCc3ccccc3)O[C@@H](O[C@@H]3C(COC(C)=O)OC(O)C(OCc4ccccc4)C3OC(C)=O)[C@@H](OC)C2OC)C(OCc2ccccc2)[C@H]1OC(C)=O. The number of hydrogen-bond acceptors (Lipinski definition) is 26. The first-order valence-corrected chi connectivity index (χ1v) is 29.8. The minimum absolute atomic E-state index is 0.0881. The number of esters is 5. The van der Waals surface area contributed by atoms with Crippen molar-refractivity contribution in [1.82, 2.24) is 0 Å². The molecule has 4 aromatic rings. The van der Waals surface area contributed by atoms with Crippen LogP contribution in [0.2, 0.25) is 0 Å². The maximum Gasteiger partial charge on any atom is 0.338 e. The highest BCUT2D eigenvalue weighted by Gasteiger charge is 2.60. The van der Waals surface area contributed by atoms with E-state index in [1.165, 1.54) is 42.3 Å². The second kappa shape index (κ2) is 35.0. The zero-order valence-electron chi connectivity index (χ0n) is 52.2. The van der Waals surface area contributed by atoms with Crippen LogP contribution in [0.5, 0.6) is 0 Å². The Bertz CT molecular complexity index is 2860. The lowest BCUT2D eigenvalue weighted by molar-refractivity contribution is -0.393. The second-order valence-electron chi connectivity index (χ2n) is 21.9. The van der Waals surface area contributed by atoms with Gasteiger partial charge in [-0.15, -0.1) is 0 Å². The molecular formula is C65H82O26. The Kier molecular flexibility index (Phi) is 27.1. The lowest BCUT2D eigenvalue weighted by Crippen LogP contribution is -2.69. The lowest BCUT2D eigenvalue weighted by Gasteiger charge is -2.51. The van der Waals surface area contributed by atoms with Crippen LogP contribution < -0.4 is 0 Å². The zero-order chi connectivity index (χ0) is 65.0. The van der Waals surface area contributed by atoms with Crippen LogP contribution in [-0.2, 0) is 145 Å². The van der Waals surface area contributed by atoms with Gasteiger partial charge in [-0.2, -0.15) is 0 Å². The van der Waals surface area contributed by atoms with Gasteiger partial charge in [-0.3, -0.25) is 19.2 Å². The van der Waals surface area contributed by atoms with Gasteiger partial charge in [0.15, 0.2) is 43.5 Å². The molecule has 0 saturated carbocycles. The van der Waals surface area contributed by atoms with E-state index >= 15 is 4.79 Å². The van der Waals surface area contributed by atoms with E-state index in [1.807, 2.05) is 49.4 Å². The molecule has 0 amide bonds. The molecule has 4 saturated heterocycles. The number of ether oxygens (including phenoxy) is 18. The van der Waals surface area contributed by atoms with Crippen molar-refractivity contribution in [1.29, 1.82) is 0 Å². The largest absolute Gasteiger partial charge is 0.463 e. The number of carbonyl (C=O) groups excluding carboxylic acids is 5. The number of carbonyl (C=O) groups is 5. The van der Waals surface area contributed by atoms with Crippen molar-refractivity contribution in [3.8, 4) is 0 Å². The van der Waals surface area contributed by atoms with Crippen molar-refractivity contribution < 1.29 is 124 Å². The number of rotatable bonds is 30. The zero-order valence-corrected chi connectivity index (χ0v) is 52.2. The molecule has 26 nitrogen and oxygen atoms in total. The molecule has 8 rings (SSSR count). The van der Waals surface area contributed by atoms with Crippen LogP contribution in [0.25, 0.3) is 0 Å². The lowest BCUT2D eigenvalue weighted by atomic mass is 9.90. The Labute approximate surface area is 527 Å². The van der Waals surface area contributed by atoms with Crippen molar-refractivity contribution in [3.63, 3.8) is 0 Å². The normalized spacial score (nSPS) is 31.6. The molecule has 4 aliphatic heterocycles. The Morgan fingerprint density at radius 3 is 1.27 bits per heavy atom. The Balaban J connectivity index is 1.17. The van der Waals surface area contributed by atoms with Crippen molar-refractivity contribution in [2.75, 3.05) is 48.3 Å². The highest BCUT2D eigenvalue weighted by molar-refractivity contribution is 5.76.